The van der Waals surface area contributed by atoms with Crippen LogP contribution >= 0.6 is 12.2 Å². The van der Waals surface area contributed by atoms with E-state index in [1.807, 2.05) is 19.9 Å². The van der Waals surface area contributed by atoms with E-state index >= 15 is 0 Å². The van der Waals surface area contributed by atoms with Gasteiger partial charge in [0.05, 0.1) is 0 Å². The molecule has 0 saturated carbocycles. The molecule has 0 spiro atoms. The molecule has 4 N–H and O–H groups in total. The van der Waals surface area contributed by atoms with Crippen LogP contribution in [0.5, 0.6) is 5.75 Å². The number of carbonyl (C=O) groups excluding carboxylic acids is 1. The van der Waals surface area contributed by atoms with Gasteiger partial charge in [-0.05, 0) is 50.3 Å². The van der Waals surface area contributed by atoms with Gasteiger partial charge in [-0.2, -0.15) is 0 Å². The molecule has 0 bridgehead atoms. The van der Waals surface area contributed by atoms with E-state index in [0.717, 1.165) is 11.1 Å². The maximum absolute atomic E-state index is 12.2. The minimum Gasteiger partial charge on any atom is -0.507 e. The van der Waals surface area contributed by atoms with Gasteiger partial charge in [0.1, 0.15) is 11.3 Å². The van der Waals surface area contributed by atoms with Crippen molar-refractivity contribution >= 4 is 34.9 Å². The highest BCUT2D eigenvalue weighted by Crippen LogP contribution is 2.21. The Balaban J connectivity index is 2.06. The molecule has 0 aliphatic rings. The molecule has 0 unspecified atom stereocenters. The molecule has 0 heterocycles. The van der Waals surface area contributed by atoms with Crippen LogP contribution in [-0.4, -0.2) is 27.2 Å². The Morgan fingerprint density at radius 1 is 1.04 bits per heavy atom. The monoisotopic (exact) mass is 344 g/mol. The molecule has 1 amide bonds. The fourth-order valence-electron chi connectivity index (χ4n) is 2.23. The number of anilines is 1. The highest BCUT2D eigenvalue weighted by atomic mass is 32.1. The lowest BCUT2D eigenvalue weighted by atomic mass is 10.1. The van der Waals surface area contributed by atoms with Crippen molar-refractivity contribution < 1.29 is 19.8 Å². The minimum absolute atomic E-state index is 0.0432. The van der Waals surface area contributed by atoms with Gasteiger partial charge in [-0.25, -0.2) is 4.79 Å². The normalized spacial score (nSPS) is 10.1. The van der Waals surface area contributed by atoms with Gasteiger partial charge in [-0.1, -0.05) is 17.2 Å². The lowest BCUT2D eigenvalue weighted by molar-refractivity contribution is 0.0693. The summed E-state index contributed by atoms with van der Waals surface area (Å²) in [6.07, 6.45) is 0. The van der Waals surface area contributed by atoms with Crippen LogP contribution in [0, 0.1) is 13.8 Å². The summed E-state index contributed by atoms with van der Waals surface area (Å²) in [4.78, 5) is 23.0. The number of thiocarbonyl (C=S) groups is 1. The summed E-state index contributed by atoms with van der Waals surface area (Å²) in [5.74, 6) is -1.98. The molecule has 2 rings (SSSR count). The predicted octanol–water partition coefficient (Wildman–Crippen LogP) is 2.83. The molecule has 0 aliphatic carbocycles. The predicted molar refractivity (Wildman–Crippen MR) is 94.7 cm³/mol. The third kappa shape index (κ3) is 4.30. The van der Waals surface area contributed by atoms with E-state index in [0.29, 0.717) is 11.3 Å². The zero-order chi connectivity index (χ0) is 17.9. The van der Waals surface area contributed by atoms with Crippen molar-refractivity contribution in [3.8, 4) is 5.75 Å². The molecule has 2 aromatic rings. The Morgan fingerprint density at radius 2 is 1.67 bits per heavy atom. The van der Waals surface area contributed by atoms with Crippen LogP contribution in [0.4, 0.5) is 5.69 Å². The number of nitrogens with one attached hydrogen (secondary N) is 2. The molecular formula is C17H16N2O4S. The number of aromatic carboxylic acids is 1. The van der Waals surface area contributed by atoms with Crippen molar-refractivity contribution in [3.63, 3.8) is 0 Å². The van der Waals surface area contributed by atoms with Gasteiger partial charge < -0.3 is 15.5 Å². The van der Waals surface area contributed by atoms with Gasteiger partial charge in [0.25, 0.3) is 5.91 Å². The number of carboxylic acid groups (broad SMARTS) is 1. The van der Waals surface area contributed by atoms with Gasteiger partial charge in [0.15, 0.2) is 5.11 Å². The first-order chi connectivity index (χ1) is 11.3. The summed E-state index contributed by atoms with van der Waals surface area (Å²) in [5, 5.41) is 23.8. The van der Waals surface area contributed by atoms with E-state index in [1.165, 1.54) is 18.2 Å². The van der Waals surface area contributed by atoms with Gasteiger partial charge in [0, 0.05) is 17.3 Å². The number of rotatable bonds is 3. The van der Waals surface area contributed by atoms with Crippen LogP contribution in [0.3, 0.4) is 0 Å². The third-order valence-corrected chi connectivity index (χ3v) is 3.40. The van der Waals surface area contributed by atoms with E-state index in [-0.39, 0.29) is 16.6 Å². The zero-order valence-electron chi connectivity index (χ0n) is 13.1. The summed E-state index contributed by atoms with van der Waals surface area (Å²) < 4.78 is 0. The standard InChI is InChI=1S/C17H16N2O4S/c1-9-5-10(2)7-11(6-9)15(21)19-17(24)18-12-3-4-13(16(22)23)14(20)8-12/h3-8,20H,1-2H3,(H,22,23)(H2,18,19,21,24). The fraction of sp³-hybridized carbons (Fsp3) is 0.118. The summed E-state index contributed by atoms with van der Waals surface area (Å²) in [6, 6.07) is 9.36. The quantitative estimate of drug-likeness (QED) is 0.639. The molecule has 0 aliphatic heterocycles. The number of amides is 1. The summed E-state index contributed by atoms with van der Waals surface area (Å²) in [6.45, 7) is 3.79. The molecule has 6 nitrogen and oxygen atoms in total. The second kappa shape index (κ2) is 7.10. The first-order valence-corrected chi connectivity index (χ1v) is 7.44. The highest BCUT2D eigenvalue weighted by Gasteiger charge is 2.12. The summed E-state index contributed by atoms with van der Waals surface area (Å²) >= 11 is 5.06. The van der Waals surface area contributed by atoms with Crippen molar-refractivity contribution in [3.05, 3.63) is 58.7 Å². The van der Waals surface area contributed by atoms with Crippen molar-refractivity contribution in [2.24, 2.45) is 0 Å². The van der Waals surface area contributed by atoms with Crippen LogP contribution < -0.4 is 10.6 Å². The Labute approximate surface area is 144 Å². The first-order valence-electron chi connectivity index (χ1n) is 7.03. The third-order valence-electron chi connectivity index (χ3n) is 3.20. The maximum Gasteiger partial charge on any atom is 0.339 e. The van der Waals surface area contributed by atoms with E-state index in [9.17, 15) is 14.7 Å². The largest absolute Gasteiger partial charge is 0.507 e. The summed E-state index contributed by atoms with van der Waals surface area (Å²) in [5.41, 5.74) is 2.57. The number of hydrogen-bond donors (Lipinski definition) is 4. The molecule has 0 atom stereocenters. The fourth-order valence-corrected chi connectivity index (χ4v) is 2.44. The second-order valence-corrected chi connectivity index (χ2v) is 5.73. The van der Waals surface area contributed by atoms with Gasteiger partial charge in [0.2, 0.25) is 0 Å². The average Bonchev–Trinajstić information content (AvgIpc) is 2.45. The Morgan fingerprint density at radius 3 is 2.21 bits per heavy atom. The van der Waals surface area contributed by atoms with Gasteiger partial charge in [-0.3, -0.25) is 10.1 Å². The van der Waals surface area contributed by atoms with Crippen LogP contribution in [0.1, 0.15) is 31.8 Å². The maximum atomic E-state index is 12.2. The number of aryl methyl sites for hydroxylation is 2. The Hall–Kier alpha value is -2.93. The minimum atomic E-state index is -1.23. The van der Waals surface area contributed by atoms with Crippen LogP contribution in [0.15, 0.2) is 36.4 Å². The zero-order valence-corrected chi connectivity index (χ0v) is 13.9. The molecule has 0 fully saturated rings. The van der Waals surface area contributed by atoms with Crippen LogP contribution in [0.2, 0.25) is 0 Å². The highest BCUT2D eigenvalue weighted by molar-refractivity contribution is 7.80. The Kier molecular flexibility index (Phi) is 5.15. The number of carbonyl (C=O) groups is 2. The number of hydrogen-bond acceptors (Lipinski definition) is 4. The molecule has 24 heavy (non-hydrogen) atoms. The van der Waals surface area contributed by atoms with Crippen molar-refractivity contribution in [2.75, 3.05) is 5.32 Å². The topological polar surface area (TPSA) is 98.7 Å². The molecule has 2 aromatic carbocycles. The van der Waals surface area contributed by atoms with E-state index in [2.05, 4.69) is 10.6 Å². The Bertz CT molecular complexity index is 813. The van der Waals surface area contributed by atoms with Gasteiger partial charge in [-0.15, -0.1) is 0 Å². The van der Waals surface area contributed by atoms with E-state index < -0.39 is 11.7 Å². The van der Waals surface area contributed by atoms with Crippen LogP contribution in [-0.2, 0) is 0 Å². The smallest absolute Gasteiger partial charge is 0.339 e. The lowest BCUT2D eigenvalue weighted by Gasteiger charge is -2.11. The molecule has 7 heteroatoms. The van der Waals surface area contributed by atoms with E-state index in [4.69, 9.17) is 17.3 Å². The average molecular weight is 344 g/mol. The number of aromatic hydroxyl groups is 1. The van der Waals surface area contributed by atoms with Crippen molar-refractivity contribution in [2.45, 2.75) is 13.8 Å². The molecular weight excluding hydrogens is 328 g/mol. The number of phenols is 1. The van der Waals surface area contributed by atoms with Crippen LogP contribution in [0.25, 0.3) is 0 Å². The molecule has 0 saturated heterocycles. The van der Waals surface area contributed by atoms with Crippen molar-refractivity contribution in [1.82, 2.24) is 5.32 Å². The van der Waals surface area contributed by atoms with Crippen molar-refractivity contribution in [1.29, 1.82) is 0 Å². The first kappa shape index (κ1) is 17.4. The number of carboxylic acids is 1. The lowest BCUT2D eigenvalue weighted by Crippen LogP contribution is -2.34. The van der Waals surface area contributed by atoms with E-state index in [1.54, 1.807) is 12.1 Å². The number of benzene rings is 2. The SMILES string of the molecule is Cc1cc(C)cc(C(=O)NC(=S)Nc2ccc(C(=O)O)c(O)c2)c1. The molecule has 0 aromatic heterocycles. The molecule has 0 radical (unpaired) electrons. The van der Waals surface area contributed by atoms with Gasteiger partial charge >= 0.3 is 5.97 Å². The second-order valence-electron chi connectivity index (χ2n) is 5.32. The summed E-state index contributed by atoms with van der Waals surface area (Å²) in [7, 11) is 0. The molecule has 124 valence electrons.